The summed E-state index contributed by atoms with van der Waals surface area (Å²) < 4.78 is 31.7. The minimum atomic E-state index is -3.42. The molecule has 1 aliphatic heterocycles. The Labute approximate surface area is 190 Å². The lowest BCUT2D eigenvalue weighted by atomic mass is 10.0. The summed E-state index contributed by atoms with van der Waals surface area (Å²) in [5, 5.41) is 0. The predicted octanol–water partition coefficient (Wildman–Crippen LogP) is 4.59. The van der Waals surface area contributed by atoms with Crippen molar-refractivity contribution in [2.24, 2.45) is 0 Å². The number of nitrogens with zero attached hydrogens (tertiary/aromatic N) is 3. The van der Waals surface area contributed by atoms with Crippen molar-refractivity contribution in [3.8, 4) is 22.6 Å². The van der Waals surface area contributed by atoms with Crippen LogP contribution in [-0.2, 0) is 16.4 Å². The number of aromatic nitrogens is 1. The van der Waals surface area contributed by atoms with Gasteiger partial charge in [-0.2, -0.15) is 0 Å². The molecule has 0 radical (unpaired) electrons. The van der Waals surface area contributed by atoms with E-state index in [1.165, 1.54) is 37.8 Å². The fraction of sp³-hybridized carbons (Fsp3) is 0.400. The lowest BCUT2D eigenvalue weighted by molar-refractivity contribution is 0.271. The maximum atomic E-state index is 12.3. The summed E-state index contributed by atoms with van der Waals surface area (Å²) in [4.78, 5) is 7.57. The zero-order valence-electron chi connectivity index (χ0n) is 19.2. The van der Waals surface area contributed by atoms with Crippen molar-refractivity contribution < 1.29 is 12.8 Å². The third kappa shape index (κ3) is 4.65. The monoisotopic (exact) mass is 453 g/mol. The highest BCUT2D eigenvalue weighted by Crippen LogP contribution is 2.27. The van der Waals surface area contributed by atoms with Gasteiger partial charge in [-0.05, 0) is 68.6 Å². The second-order valence-electron chi connectivity index (χ2n) is 8.69. The van der Waals surface area contributed by atoms with E-state index in [4.69, 9.17) is 9.40 Å². The first-order valence-electron chi connectivity index (χ1n) is 11.1. The van der Waals surface area contributed by atoms with Crippen LogP contribution < -0.4 is 0 Å². The molecule has 0 N–H and O–H groups in total. The average molecular weight is 454 g/mol. The standard InChI is InChI=1S/C25H31N3O3S/c1-18-6-5-16-28(18)17-15-24-19(2)31-25(26-24)22-9-7-20(8-10-22)21-11-13-23(14-12-21)32(29,30)27(3)4/h7-14,18H,5-6,15-17H2,1-4H3. The number of hydrogen-bond donors (Lipinski definition) is 0. The molecule has 0 saturated carbocycles. The van der Waals surface area contributed by atoms with Crippen molar-refractivity contribution in [1.29, 1.82) is 0 Å². The van der Waals surface area contributed by atoms with Crippen LogP contribution >= 0.6 is 0 Å². The fourth-order valence-electron chi connectivity index (χ4n) is 4.19. The van der Waals surface area contributed by atoms with E-state index < -0.39 is 10.0 Å². The molecule has 0 amide bonds. The zero-order valence-corrected chi connectivity index (χ0v) is 20.0. The molecule has 1 saturated heterocycles. The summed E-state index contributed by atoms with van der Waals surface area (Å²) in [6, 6.07) is 15.6. The van der Waals surface area contributed by atoms with Gasteiger partial charge in [-0.1, -0.05) is 24.3 Å². The Morgan fingerprint density at radius 1 is 1.03 bits per heavy atom. The molecule has 1 aromatic heterocycles. The predicted molar refractivity (Wildman–Crippen MR) is 127 cm³/mol. The number of likely N-dealkylation sites (tertiary alicyclic amines) is 1. The maximum Gasteiger partial charge on any atom is 0.242 e. The van der Waals surface area contributed by atoms with Crippen LogP contribution in [0.5, 0.6) is 0 Å². The third-order valence-corrected chi connectivity index (χ3v) is 8.15. The summed E-state index contributed by atoms with van der Waals surface area (Å²) in [5.74, 6) is 1.53. The van der Waals surface area contributed by atoms with Crippen LogP contribution in [0.1, 0.15) is 31.2 Å². The van der Waals surface area contributed by atoms with Crippen LogP contribution in [0.4, 0.5) is 0 Å². The van der Waals surface area contributed by atoms with E-state index in [2.05, 4.69) is 11.8 Å². The minimum Gasteiger partial charge on any atom is -0.441 e. The van der Waals surface area contributed by atoms with Gasteiger partial charge in [0, 0.05) is 38.7 Å². The first-order chi connectivity index (χ1) is 15.3. The molecule has 1 aliphatic rings. The molecule has 0 aliphatic carbocycles. The minimum absolute atomic E-state index is 0.286. The van der Waals surface area contributed by atoms with Gasteiger partial charge in [-0.25, -0.2) is 17.7 Å². The van der Waals surface area contributed by atoms with E-state index in [1.807, 2.05) is 43.3 Å². The molecule has 6 nitrogen and oxygen atoms in total. The Kier molecular flexibility index (Phi) is 6.51. The van der Waals surface area contributed by atoms with Crippen molar-refractivity contribution in [1.82, 2.24) is 14.2 Å². The van der Waals surface area contributed by atoms with E-state index in [1.54, 1.807) is 12.1 Å². The molecule has 1 fully saturated rings. The quantitative estimate of drug-likeness (QED) is 0.523. The van der Waals surface area contributed by atoms with Gasteiger partial charge in [0.15, 0.2) is 0 Å². The first kappa shape index (κ1) is 22.7. The van der Waals surface area contributed by atoms with Crippen molar-refractivity contribution >= 4 is 10.0 Å². The third-order valence-electron chi connectivity index (χ3n) is 6.32. The average Bonchev–Trinajstić information content (AvgIpc) is 3.37. The van der Waals surface area contributed by atoms with E-state index in [0.717, 1.165) is 41.1 Å². The molecule has 3 aromatic rings. The van der Waals surface area contributed by atoms with Gasteiger partial charge in [-0.3, -0.25) is 0 Å². The summed E-state index contributed by atoms with van der Waals surface area (Å²) in [5.41, 5.74) is 3.93. The Balaban J connectivity index is 1.47. The first-order valence-corrected chi connectivity index (χ1v) is 12.5. The Hall–Kier alpha value is -2.48. The maximum absolute atomic E-state index is 12.3. The molecule has 170 valence electrons. The van der Waals surface area contributed by atoms with Gasteiger partial charge in [0.05, 0.1) is 10.6 Å². The van der Waals surface area contributed by atoms with Crippen molar-refractivity contribution in [2.45, 2.75) is 44.0 Å². The van der Waals surface area contributed by atoms with E-state index in [0.29, 0.717) is 11.9 Å². The summed E-state index contributed by atoms with van der Waals surface area (Å²) in [7, 11) is -0.359. The molecule has 0 bridgehead atoms. The van der Waals surface area contributed by atoms with Gasteiger partial charge in [-0.15, -0.1) is 0 Å². The molecular formula is C25H31N3O3S. The molecule has 1 atom stereocenters. The Bertz CT molecular complexity index is 1170. The normalized spacial score (nSPS) is 17.3. The van der Waals surface area contributed by atoms with Crippen LogP contribution in [0.15, 0.2) is 57.8 Å². The van der Waals surface area contributed by atoms with E-state index >= 15 is 0 Å². The zero-order chi connectivity index (χ0) is 22.9. The van der Waals surface area contributed by atoms with Crippen LogP contribution in [-0.4, -0.2) is 55.8 Å². The molecule has 7 heteroatoms. The van der Waals surface area contributed by atoms with E-state index in [-0.39, 0.29) is 4.90 Å². The van der Waals surface area contributed by atoms with Crippen molar-refractivity contribution in [3.63, 3.8) is 0 Å². The molecule has 2 heterocycles. The molecular weight excluding hydrogens is 422 g/mol. The van der Waals surface area contributed by atoms with Gasteiger partial charge >= 0.3 is 0 Å². The number of hydrogen-bond acceptors (Lipinski definition) is 5. The van der Waals surface area contributed by atoms with Gasteiger partial charge in [0.1, 0.15) is 5.76 Å². The number of sulfonamides is 1. The number of rotatable bonds is 7. The van der Waals surface area contributed by atoms with Crippen LogP contribution in [0.3, 0.4) is 0 Å². The Morgan fingerprint density at radius 2 is 1.62 bits per heavy atom. The molecule has 1 unspecified atom stereocenters. The number of aryl methyl sites for hydroxylation is 1. The van der Waals surface area contributed by atoms with Crippen LogP contribution in [0.2, 0.25) is 0 Å². The largest absolute Gasteiger partial charge is 0.441 e. The fourth-order valence-corrected chi connectivity index (χ4v) is 5.09. The molecule has 4 rings (SSSR count). The lowest BCUT2D eigenvalue weighted by Gasteiger charge is -2.20. The highest BCUT2D eigenvalue weighted by molar-refractivity contribution is 7.89. The van der Waals surface area contributed by atoms with Crippen LogP contribution in [0.25, 0.3) is 22.6 Å². The molecule has 32 heavy (non-hydrogen) atoms. The Morgan fingerprint density at radius 3 is 2.19 bits per heavy atom. The van der Waals surface area contributed by atoms with Crippen molar-refractivity contribution in [3.05, 3.63) is 60.0 Å². The summed E-state index contributed by atoms with van der Waals surface area (Å²) in [6.45, 7) is 6.47. The smallest absolute Gasteiger partial charge is 0.242 e. The summed E-state index contributed by atoms with van der Waals surface area (Å²) in [6.07, 6.45) is 3.47. The van der Waals surface area contributed by atoms with Gasteiger partial charge < -0.3 is 9.32 Å². The van der Waals surface area contributed by atoms with Crippen LogP contribution in [0, 0.1) is 6.92 Å². The van der Waals surface area contributed by atoms with Gasteiger partial charge in [0.2, 0.25) is 15.9 Å². The van der Waals surface area contributed by atoms with Crippen molar-refractivity contribution in [2.75, 3.05) is 27.2 Å². The topological polar surface area (TPSA) is 66.7 Å². The molecule has 0 spiro atoms. The SMILES string of the molecule is Cc1oc(-c2ccc(-c3ccc(S(=O)(=O)N(C)C)cc3)cc2)nc1CCN1CCCC1C. The number of oxazole rings is 1. The molecule has 2 aromatic carbocycles. The highest BCUT2D eigenvalue weighted by Gasteiger charge is 2.21. The second-order valence-corrected chi connectivity index (χ2v) is 10.8. The summed E-state index contributed by atoms with van der Waals surface area (Å²) >= 11 is 0. The van der Waals surface area contributed by atoms with Gasteiger partial charge in [0.25, 0.3) is 0 Å². The van der Waals surface area contributed by atoms with E-state index in [9.17, 15) is 8.42 Å². The number of benzene rings is 2. The second kappa shape index (κ2) is 9.17. The lowest BCUT2D eigenvalue weighted by Crippen LogP contribution is -2.29. The highest BCUT2D eigenvalue weighted by atomic mass is 32.2.